The van der Waals surface area contributed by atoms with E-state index in [0.717, 1.165) is 83.5 Å². The Hall–Kier alpha value is -3.49. The molecule has 0 N–H and O–H groups in total. The molecule has 0 fully saturated rings. The molecule has 2 atom stereocenters. The summed E-state index contributed by atoms with van der Waals surface area (Å²) in [5.41, 5.74) is 0. The lowest BCUT2D eigenvalue weighted by Crippen LogP contribution is -2.55. The van der Waals surface area contributed by atoms with Crippen LogP contribution in [0.2, 0.25) is 0 Å². The molecule has 0 aliphatic rings. The van der Waals surface area contributed by atoms with E-state index < -0.39 is 18.1 Å². The quantitative estimate of drug-likeness (QED) is 0.0198. The number of carboxylic acids is 1. The average molecular weight is 866 g/mol. The maximum Gasteiger partial charge on any atom is 0.306 e. The van der Waals surface area contributed by atoms with Gasteiger partial charge in [-0.05, 0) is 70.6 Å². The van der Waals surface area contributed by atoms with Gasteiger partial charge in [0.2, 0.25) is 0 Å². The lowest BCUT2D eigenvalue weighted by atomic mass is 10.1. The summed E-state index contributed by atoms with van der Waals surface area (Å²) >= 11 is 0. The van der Waals surface area contributed by atoms with Crippen molar-refractivity contribution in [3.63, 3.8) is 0 Å². The topological polar surface area (TPSA) is 102 Å². The van der Waals surface area contributed by atoms with Crippen molar-refractivity contribution >= 4 is 17.9 Å². The maximum atomic E-state index is 12.7. The second kappa shape index (κ2) is 44.1. The zero-order chi connectivity index (χ0) is 45.6. The lowest BCUT2D eigenvalue weighted by molar-refractivity contribution is -0.889. The number of ether oxygens (including phenoxy) is 3. The maximum absolute atomic E-state index is 12.7. The number of likely N-dealkylation sites (N-methyl/N-ethyl adjacent to an activating group) is 1. The van der Waals surface area contributed by atoms with Gasteiger partial charge in [-0.15, -0.1) is 0 Å². The van der Waals surface area contributed by atoms with Gasteiger partial charge in [0.1, 0.15) is 12.6 Å². The van der Waals surface area contributed by atoms with Crippen LogP contribution in [0.15, 0.2) is 85.1 Å². The SMILES string of the molecule is CC/C=C/C=C/C=C/CCCCCCCCCC(=O)OC(COCCC(C(=O)[O-])[N+](C)(C)C)COC(=O)CCCCCCCCCCCC/C=C/C/C=C/C/C=C/C/C=C/CC. The number of carbonyl (C=O) groups is 3. The molecular weight excluding hydrogens is 775 g/mol. The van der Waals surface area contributed by atoms with Gasteiger partial charge in [-0.2, -0.15) is 0 Å². The highest BCUT2D eigenvalue weighted by atomic mass is 16.6. The Labute approximate surface area is 380 Å². The Balaban J connectivity index is 4.25. The van der Waals surface area contributed by atoms with Crippen LogP contribution < -0.4 is 5.11 Å². The van der Waals surface area contributed by atoms with Crippen molar-refractivity contribution in [1.29, 1.82) is 0 Å². The number of nitrogens with zero attached hydrogens (tertiary/aromatic N) is 1. The first kappa shape index (κ1) is 58.5. The van der Waals surface area contributed by atoms with E-state index in [1.54, 1.807) is 21.1 Å². The van der Waals surface area contributed by atoms with Crippen LogP contribution in [0.5, 0.6) is 0 Å². The molecular formula is C54H91NO7. The summed E-state index contributed by atoms with van der Waals surface area (Å²) in [7, 11) is 5.40. The molecule has 0 aromatic carbocycles. The number of rotatable bonds is 43. The molecule has 0 spiro atoms. The minimum absolute atomic E-state index is 0.0304. The fourth-order valence-electron chi connectivity index (χ4n) is 6.83. The lowest BCUT2D eigenvalue weighted by Gasteiger charge is -2.34. The smallest absolute Gasteiger partial charge is 0.306 e. The molecule has 0 amide bonds. The van der Waals surface area contributed by atoms with Crippen LogP contribution in [0.4, 0.5) is 0 Å². The molecule has 8 nitrogen and oxygen atoms in total. The van der Waals surface area contributed by atoms with Crippen molar-refractivity contribution in [3.8, 4) is 0 Å². The number of hydrogen-bond acceptors (Lipinski definition) is 7. The van der Waals surface area contributed by atoms with Crippen LogP contribution in [0, 0.1) is 0 Å². The summed E-state index contributed by atoms with van der Waals surface area (Å²) in [4.78, 5) is 37.0. The third-order valence-corrected chi connectivity index (χ3v) is 10.6. The Bertz CT molecular complexity index is 1290. The molecule has 0 rings (SSSR count). The third kappa shape index (κ3) is 41.8. The molecule has 0 radical (unpaired) electrons. The van der Waals surface area contributed by atoms with E-state index in [4.69, 9.17) is 14.2 Å². The summed E-state index contributed by atoms with van der Waals surface area (Å²) in [5.74, 6) is -1.76. The number of carbonyl (C=O) groups excluding carboxylic acids is 3. The standard InChI is InChI=1S/C54H91NO7/c1-6-8-10-12-14-16-18-20-22-23-24-25-26-27-28-29-31-32-34-36-38-40-42-44-52(56)61-49-50(48-60-47-46-51(54(58)59)55(3,4)5)62-53(57)45-43-41-39-37-35-33-30-21-19-17-15-13-11-9-7-2/h8-11,13-17,19-20,22,24-25,50-51H,6-7,12,18,21,23,26-49H2,1-5H3/b10-8+,11-9+,15-13+,16-14+,19-17+,22-20+,25-24+. The summed E-state index contributed by atoms with van der Waals surface area (Å²) in [6, 6.07) is -0.733. The van der Waals surface area contributed by atoms with Gasteiger partial charge in [0.15, 0.2) is 6.10 Å². The highest BCUT2D eigenvalue weighted by molar-refractivity contribution is 5.70. The van der Waals surface area contributed by atoms with E-state index in [-0.39, 0.29) is 42.7 Å². The van der Waals surface area contributed by atoms with Gasteiger partial charge in [0.05, 0.1) is 40.3 Å². The summed E-state index contributed by atoms with van der Waals surface area (Å²) in [5, 5.41) is 11.7. The van der Waals surface area contributed by atoms with E-state index in [2.05, 4.69) is 98.9 Å². The average Bonchev–Trinajstić information content (AvgIpc) is 3.23. The monoisotopic (exact) mass is 866 g/mol. The minimum Gasteiger partial charge on any atom is -0.544 e. The zero-order valence-corrected chi connectivity index (χ0v) is 40.3. The van der Waals surface area contributed by atoms with E-state index in [1.165, 1.54) is 70.6 Å². The number of hydrogen-bond donors (Lipinski definition) is 0. The van der Waals surface area contributed by atoms with E-state index in [1.807, 2.05) is 0 Å². The first-order valence-corrected chi connectivity index (χ1v) is 24.6. The molecule has 0 aliphatic carbocycles. The normalized spacial score (nSPS) is 13.6. The van der Waals surface area contributed by atoms with E-state index >= 15 is 0 Å². The van der Waals surface area contributed by atoms with Gasteiger partial charge >= 0.3 is 11.9 Å². The van der Waals surface area contributed by atoms with Crippen molar-refractivity contribution in [2.75, 3.05) is 41.0 Å². The number of quaternary nitrogens is 1. The second-order valence-corrected chi connectivity index (χ2v) is 17.3. The van der Waals surface area contributed by atoms with Crippen LogP contribution in [0.1, 0.15) is 187 Å². The van der Waals surface area contributed by atoms with Crippen molar-refractivity contribution in [3.05, 3.63) is 85.1 Å². The number of aliphatic carboxylic acids is 1. The Morgan fingerprint density at radius 3 is 1.44 bits per heavy atom. The second-order valence-electron chi connectivity index (χ2n) is 17.3. The third-order valence-electron chi connectivity index (χ3n) is 10.6. The Kier molecular flexibility index (Phi) is 41.6. The van der Waals surface area contributed by atoms with Crippen molar-refractivity contribution in [1.82, 2.24) is 0 Å². The molecule has 0 aliphatic heterocycles. The van der Waals surface area contributed by atoms with Gasteiger partial charge in [0, 0.05) is 19.3 Å². The molecule has 2 unspecified atom stereocenters. The highest BCUT2D eigenvalue weighted by Gasteiger charge is 2.25. The molecule has 62 heavy (non-hydrogen) atoms. The molecule has 354 valence electrons. The molecule has 0 saturated heterocycles. The summed E-state index contributed by atoms with van der Waals surface area (Å²) in [6.07, 6.45) is 57.5. The number of unbranched alkanes of at least 4 members (excludes halogenated alkanes) is 17. The fraction of sp³-hybridized carbons (Fsp3) is 0.685. The van der Waals surface area contributed by atoms with Crippen molar-refractivity contribution in [2.24, 2.45) is 0 Å². The van der Waals surface area contributed by atoms with Crippen LogP contribution in [-0.2, 0) is 28.6 Å². The van der Waals surface area contributed by atoms with Gasteiger partial charge in [-0.25, -0.2) is 0 Å². The Morgan fingerprint density at radius 1 is 0.500 bits per heavy atom. The van der Waals surface area contributed by atoms with Crippen LogP contribution in [-0.4, -0.2) is 75.5 Å². The van der Waals surface area contributed by atoms with Gasteiger partial charge in [-0.3, -0.25) is 9.59 Å². The molecule has 0 bridgehead atoms. The molecule has 0 aromatic rings. The summed E-state index contributed by atoms with van der Waals surface area (Å²) in [6.45, 7) is 4.40. The number of esters is 2. The van der Waals surface area contributed by atoms with Crippen LogP contribution >= 0.6 is 0 Å². The van der Waals surface area contributed by atoms with Gasteiger partial charge < -0.3 is 28.6 Å². The first-order valence-electron chi connectivity index (χ1n) is 24.6. The number of carboxylic acid groups (broad SMARTS) is 1. The van der Waals surface area contributed by atoms with E-state index in [9.17, 15) is 19.5 Å². The van der Waals surface area contributed by atoms with E-state index in [0.29, 0.717) is 12.8 Å². The van der Waals surface area contributed by atoms with Gasteiger partial charge in [-0.1, -0.05) is 182 Å². The fourth-order valence-corrected chi connectivity index (χ4v) is 6.83. The van der Waals surface area contributed by atoms with Crippen LogP contribution in [0.3, 0.4) is 0 Å². The highest BCUT2D eigenvalue weighted by Crippen LogP contribution is 2.15. The Morgan fingerprint density at radius 2 is 0.935 bits per heavy atom. The molecule has 0 saturated carbocycles. The van der Waals surface area contributed by atoms with Gasteiger partial charge in [0.25, 0.3) is 0 Å². The predicted octanol–water partition coefficient (Wildman–Crippen LogP) is 12.7. The largest absolute Gasteiger partial charge is 0.544 e. The van der Waals surface area contributed by atoms with Crippen molar-refractivity contribution < 1.29 is 38.2 Å². The molecule has 8 heteroatoms. The molecule has 0 aromatic heterocycles. The zero-order valence-electron chi connectivity index (χ0n) is 40.3. The van der Waals surface area contributed by atoms with Crippen LogP contribution in [0.25, 0.3) is 0 Å². The number of allylic oxidation sites excluding steroid dienone is 14. The predicted molar refractivity (Wildman–Crippen MR) is 258 cm³/mol. The minimum atomic E-state index is -1.13. The molecule has 0 heterocycles. The summed E-state index contributed by atoms with van der Waals surface area (Å²) < 4.78 is 17.2. The first-order chi connectivity index (χ1) is 30.1. The van der Waals surface area contributed by atoms with Crippen molar-refractivity contribution in [2.45, 2.75) is 199 Å².